The van der Waals surface area contributed by atoms with Gasteiger partial charge in [0.2, 0.25) is 0 Å². The van der Waals surface area contributed by atoms with E-state index in [9.17, 15) is 0 Å². The molecular formula is C22H22. The Hall–Kier alpha value is -2.88. The van der Waals surface area contributed by atoms with Crippen molar-refractivity contribution in [2.75, 3.05) is 0 Å². The molecule has 110 valence electrons. The van der Waals surface area contributed by atoms with Crippen molar-refractivity contribution in [3.8, 4) is 36.5 Å². The minimum atomic E-state index is 0.860. The van der Waals surface area contributed by atoms with Crippen LogP contribution in [-0.2, 0) is 0 Å². The molecule has 0 aromatic heterocycles. The number of terminal acetylenes is 2. The first-order valence-corrected chi connectivity index (χ1v) is 7.47. The van der Waals surface area contributed by atoms with Crippen molar-refractivity contribution < 1.29 is 0 Å². The van der Waals surface area contributed by atoms with Gasteiger partial charge in [0.05, 0.1) is 0 Å². The molecule has 0 saturated heterocycles. The normalized spacial score (nSPS) is 7.55. The number of hydrogen-bond acceptors (Lipinski definition) is 0. The molecular weight excluding hydrogens is 264 g/mol. The zero-order valence-electron chi connectivity index (χ0n) is 13.8. The van der Waals surface area contributed by atoms with Gasteiger partial charge in [-0.3, -0.25) is 0 Å². The predicted molar refractivity (Wildman–Crippen MR) is 97.4 cm³/mol. The second kappa shape index (κ2) is 11.9. The molecule has 0 radical (unpaired) electrons. The summed E-state index contributed by atoms with van der Waals surface area (Å²) in [5.74, 6) is 11.3. The first-order valence-electron chi connectivity index (χ1n) is 7.47. The van der Waals surface area contributed by atoms with Crippen LogP contribution in [0.15, 0.2) is 48.5 Å². The lowest BCUT2D eigenvalue weighted by atomic mass is 10.1. The number of rotatable bonds is 0. The Kier molecular flexibility index (Phi) is 10.3. The zero-order valence-corrected chi connectivity index (χ0v) is 13.8. The summed E-state index contributed by atoms with van der Waals surface area (Å²) < 4.78 is 0. The molecule has 0 aliphatic carbocycles. The van der Waals surface area contributed by atoms with Crippen LogP contribution in [0.4, 0.5) is 0 Å². The van der Waals surface area contributed by atoms with Crippen LogP contribution in [0.25, 0.3) is 0 Å². The van der Waals surface area contributed by atoms with Crippen LogP contribution in [0.2, 0.25) is 0 Å². The third-order valence-electron chi connectivity index (χ3n) is 2.45. The predicted octanol–water partition coefficient (Wildman–Crippen LogP) is 5.10. The molecule has 0 unspecified atom stereocenters. The third kappa shape index (κ3) is 6.52. The van der Waals surface area contributed by atoms with Gasteiger partial charge in [0.15, 0.2) is 0 Å². The van der Waals surface area contributed by atoms with E-state index in [1.165, 1.54) is 0 Å². The molecule has 2 aromatic rings. The summed E-state index contributed by atoms with van der Waals surface area (Å²) in [6.07, 6.45) is 10.6. The quantitative estimate of drug-likeness (QED) is 0.591. The SMILES string of the molecule is C#Cc1ccc(C#Cc2ccc(C#C)cc2)cc1.CC.CC. The molecule has 0 heteroatoms. The van der Waals surface area contributed by atoms with Crippen LogP contribution in [0.5, 0.6) is 0 Å². The van der Waals surface area contributed by atoms with Gasteiger partial charge in [-0.05, 0) is 48.5 Å². The lowest BCUT2D eigenvalue weighted by molar-refractivity contribution is 1.50. The van der Waals surface area contributed by atoms with Gasteiger partial charge in [-0.15, -0.1) is 12.8 Å². The molecule has 0 saturated carbocycles. The Morgan fingerprint density at radius 1 is 0.500 bits per heavy atom. The molecule has 0 atom stereocenters. The first kappa shape index (κ1) is 19.1. The summed E-state index contributed by atoms with van der Waals surface area (Å²) in [4.78, 5) is 0. The summed E-state index contributed by atoms with van der Waals surface area (Å²) in [6.45, 7) is 8.00. The van der Waals surface area contributed by atoms with Crippen LogP contribution in [0.3, 0.4) is 0 Å². The minimum absolute atomic E-state index is 0.860. The zero-order chi connectivity index (χ0) is 16.8. The van der Waals surface area contributed by atoms with Gasteiger partial charge in [-0.1, -0.05) is 51.4 Å². The van der Waals surface area contributed by atoms with E-state index >= 15 is 0 Å². The highest BCUT2D eigenvalue weighted by molar-refractivity contribution is 5.46. The lowest BCUT2D eigenvalue weighted by Crippen LogP contribution is -1.78. The topological polar surface area (TPSA) is 0 Å². The second-order valence-corrected chi connectivity index (χ2v) is 3.69. The molecule has 22 heavy (non-hydrogen) atoms. The summed E-state index contributed by atoms with van der Waals surface area (Å²) in [5, 5.41) is 0. The van der Waals surface area contributed by atoms with E-state index in [0.29, 0.717) is 0 Å². The van der Waals surface area contributed by atoms with Crippen molar-refractivity contribution in [2.45, 2.75) is 27.7 Å². The average Bonchev–Trinajstić information content (AvgIpc) is 2.64. The molecule has 0 amide bonds. The van der Waals surface area contributed by atoms with Crippen molar-refractivity contribution in [3.05, 3.63) is 70.8 Å². The van der Waals surface area contributed by atoms with Crippen molar-refractivity contribution in [3.63, 3.8) is 0 Å². The van der Waals surface area contributed by atoms with Crippen molar-refractivity contribution in [1.82, 2.24) is 0 Å². The molecule has 0 N–H and O–H groups in total. The third-order valence-corrected chi connectivity index (χ3v) is 2.45. The fourth-order valence-corrected chi connectivity index (χ4v) is 1.44. The van der Waals surface area contributed by atoms with Crippen LogP contribution in [0.1, 0.15) is 49.9 Å². The Morgan fingerprint density at radius 2 is 0.727 bits per heavy atom. The molecule has 0 bridgehead atoms. The minimum Gasteiger partial charge on any atom is -0.115 e. The fraction of sp³-hybridized carbons (Fsp3) is 0.182. The second-order valence-electron chi connectivity index (χ2n) is 3.69. The van der Waals surface area contributed by atoms with Gasteiger partial charge < -0.3 is 0 Å². The molecule has 2 aromatic carbocycles. The van der Waals surface area contributed by atoms with E-state index in [0.717, 1.165) is 22.3 Å². The first-order chi connectivity index (χ1) is 10.8. The lowest BCUT2D eigenvalue weighted by Gasteiger charge is -1.92. The monoisotopic (exact) mass is 286 g/mol. The van der Waals surface area contributed by atoms with E-state index < -0.39 is 0 Å². The van der Waals surface area contributed by atoms with Crippen molar-refractivity contribution in [2.24, 2.45) is 0 Å². The standard InChI is InChI=1S/C18H10.2C2H6/c1-3-15-5-9-17(10-6-15)13-14-18-11-7-16(4-2)8-12-18;2*1-2/h1-2,5-12H;2*1-2H3. The Bertz CT molecular complexity index is 614. The average molecular weight is 286 g/mol. The molecule has 0 aliphatic heterocycles. The summed E-state index contributed by atoms with van der Waals surface area (Å²) in [5.41, 5.74) is 3.60. The van der Waals surface area contributed by atoms with E-state index in [1.807, 2.05) is 76.2 Å². The Morgan fingerprint density at radius 3 is 0.955 bits per heavy atom. The summed E-state index contributed by atoms with van der Waals surface area (Å²) >= 11 is 0. The molecule has 0 fully saturated rings. The Labute approximate surface area is 135 Å². The van der Waals surface area contributed by atoms with Gasteiger partial charge in [0.1, 0.15) is 0 Å². The van der Waals surface area contributed by atoms with Gasteiger partial charge >= 0.3 is 0 Å². The molecule has 0 aliphatic rings. The van der Waals surface area contributed by atoms with Gasteiger partial charge in [0, 0.05) is 22.3 Å². The van der Waals surface area contributed by atoms with Gasteiger partial charge in [-0.25, -0.2) is 0 Å². The number of hydrogen-bond donors (Lipinski definition) is 0. The number of benzene rings is 2. The van der Waals surface area contributed by atoms with Crippen molar-refractivity contribution in [1.29, 1.82) is 0 Å². The van der Waals surface area contributed by atoms with E-state index in [4.69, 9.17) is 12.8 Å². The van der Waals surface area contributed by atoms with E-state index in [1.54, 1.807) is 0 Å². The van der Waals surface area contributed by atoms with Crippen LogP contribution < -0.4 is 0 Å². The summed E-state index contributed by atoms with van der Waals surface area (Å²) in [6, 6.07) is 15.2. The summed E-state index contributed by atoms with van der Waals surface area (Å²) in [7, 11) is 0. The van der Waals surface area contributed by atoms with Gasteiger partial charge in [0.25, 0.3) is 0 Å². The van der Waals surface area contributed by atoms with Crippen LogP contribution in [0, 0.1) is 36.5 Å². The highest BCUT2D eigenvalue weighted by Crippen LogP contribution is 2.04. The maximum atomic E-state index is 5.29. The largest absolute Gasteiger partial charge is 0.115 e. The fourth-order valence-electron chi connectivity index (χ4n) is 1.44. The highest BCUT2D eigenvalue weighted by Gasteiger charge is 1.89. The smallest absolute Gasteiger partial charge is 0.0249 e. The maximum absolute atomic E-state index is 5.29. The molecule has 0 nitrogen and oxygen atoms in total. The molecule has 0 spiro atoms. The molecule has 2 rings (SSSR count). The van der Waals surface area contributed by atoms with Crippen molar-refractivity contribution >= 4 is 0 Å². The maximum Gasteiger partial charge on any atom is 0.0249 e. The molecule has 0 heterocycles. The van der Waals surface area contributed by atoms with E-state index in [-0.39, 0.29) is 0 Å². The van der Waals surface area contributed by atoms with Gasteiger partial charge in [-0.2, -0.15) is 0 Å². The Balaban J connectivity index is 0.00000102. The van der Waals surface area contributed by atoms with E-state index in [2.05, 4.69) is 23.7 Å². The highest BCUT2D eigenvalue weighted by atomic mass is 13.9. The van der Waals surface area contributed by atoms with Crippen LogP contribution >= 0.6 is 0 Å². The van der Waals surface area contributed by atoms with Crippen LogP contribution in [-0.4, -0.2) is 0 Å².